The maximum absolute atomic E-state index is 13.7. The summed E-state index contributed by atoms with van der Waals surface area (Å²) in [6.45, 7) is 0.380. The van der Waals surface area contributed by atoms with Crippen molar-refractivity contribution in [2.75, 3.05) is 0 Å². The van der Waals surface area contributed by atoms with Gasteiger partial charge in [0.15, 0.2) is 16.3 Å². The topological polar surface area (TPSA) is 119 Å². The molecule has 0 aliphatic heterocycles. The third-order valence-corrected chi connectivity index (χ3v) is 11.8. The van der Waals surface area contributed by atoms with E-state index < -0.39 is 18.2 Å². The van der Waals surface area contributed by atoms with Crippen LogP contribution in [0.25, 0.3) is 39.0 Å². The first-order valence-corrected chi connectivity index (χ1v) is 15.7. The van der Waals surface area contributed by atoms with E-state index in [0.29, 0.717) is 12.9 Å². The second-order valence-corrected chi connectivity index (χ2v) is 13.9. The lowest BCUT2D eigenvalue weighted by Gasteiger charge is -2.06. The maximum atomic E-state index is 13.7. The van der Waals surface area contributed by atoms with Gasteiger partial charge >= 0.3 is 5.97 Å². The highest BCUT2D eigenvalue weighted by Crippen LogP contribution is 2.47. The highest BCUT2D eigenvalue weighted by molar-refractivity contribution is 7.29. The summed E-state index contributed by atoms with van der Waals surface area (Å²) in [6.07, 6.45) is 0.0596. The predicted molar refractivity (Wildman–Crippen MR) is 153 cm³/mol. The molecule has 0 aliphatic carbocycles. The van der Waals surface area contributed by atoms with Crippen molar-refractivity contribution in [2.24, 2.45) is 0 Å². The molecule has 0 saturated heterocycles. The lowest BCUT2D eigenvalue weighted by atomic mass is 10.1. The van der Waals surface area contributed by atoms with Gasteiger partial charge in [-0.2, -0.15) is 8.78 Å². The first-order chi connectivity index (χ1) is 18.7. The summed E-state index contributed by atoms with van der Waals surface area (Å²) < 4.78 is 32.5. The molecule has 6 nitrogen and oxygen atoms in total. The van der Waals surface area contributed by atoms with Gasteiger partial charge in [0.1, 0.15) is 0 Å². The van der Waals surface area contributed by atoms with E-state index >= 15 is 0 Å². The normalized spacial score (nSPS) is 12.9. The Bertz CT molecular complexity index is 1630. The number of hydrogen-bond acceptors (Lipinski definition) is 8. The Balaban J connectivity index is 1.55. The molecule has 5 aromatic heterocycles. The van der Waals surface area contributed by atoms with Crippen molar-refractivity contribution in [3.63, 3.8) is 0 Å². The molecule has 0 fully saturated rings. The number of carboxylic acid groups (broad SMARTS) is 1. The summed E-state index contributed by atoms with van der Waals surface area (Å²) in [7, 11) is 0. The Kier molecular flexibility index (Phi) is 8.38. The number of thiophene rings is 5. The number of rotatable bonds is 11. The van der Waals surface area contributed by atoms with E-state index in [1.165, 1.54) is 34.8 Å². The summed E-state index contributed by atoms with van der Waals surface area (Å²) in [6, 6.07) is 13.4. The van der Waals surface area contributed by atoms with Crippen LogP contribution in [-0.2, 0) is 27.2 Å². The SMILES string of the molecule is [NH3+][C@H](Cc1cc(-c2ccc(F)s2)sc1-c1ccc(-c2sc(-c3ccc(F)s3)cc2C[C@H]([NH3+])C(=O)O)s1)OC=O. The number of quaternary nitrogens is 2. The van der Waals surface area contributed by atoms with Crippen molar-refractivity contribution in [3.05, 3.63) is 69.9 Å². The highest BCUT2D eigenvalue weighted by atomic mass is 32.1. The van der Waals surface area contributed by atoms with Crippen molar-refractivity contribution >= 4 is 69.1 Å². The molecule has 0 aromatic carbocycles. The van der Waals surface area contributed by atoms with Crippen molar-refractivity contribution in [3.8, 4) is 39.0 Å². The first kappa shape index (κ1) is 27.8. The molecule has 5 heterocycles. The lowest BCUT2D eigenvalue weighted by Crippen LogP contribution is -2.65. The number of halogens is 2. The molecule has 0 aliphatic rings. The van der Waals surface area contributed by atoms with Gasteiger partial charge in [0.2, 0.25) is 6.23 Å². The van der Waals surface area contributed by atoms with E-state index in [1.807, 2.05) is 24.3 Å². The van der Waals surface area contributed by atoms with Crippen molar-refractivity contribution in [2.45, 2.75) is 25.1 Å². The van der Waals surface area contributed by atoms with E-state index in [0.717, 1.165) is 72.8 Å². The number of hydrogen-bond donors (Lipinski definition) is 3. The quantitative estimate of drug-likeness (QED) is 0.134. The Morgan fingerprint density at radius 3 is 1.69 bits per heavy atom. The third kappa shape index (κ3) is 6.19. The van der Waals surface area contributed by atoms with E-state index in [-0.39, 0.29) is 16.7 Å². The van der Waals surface area contributed by atoms with Crippen LogP contribution in [0.4, 0.5) is 8.78 Å². The fourth-order valence-electron chi connectivity index (χ4n) is 4.02. The molecule has 0 bridgehead atoms. The zero-order chi connectivity index (χ0) is 27.7. The van der Waals surface area contributed by atoms with E-state index in [4.69, 9.17) is 4.74 Å². The molecule has 0 saturated carbocycles. The largest absolute Gasteiger partial charge is 0.477 e. The fourth-order valence-corrected chi connectivity index (χ4v) is 9.32. The van der Waals surface area contributed by atoms with Gasteiger partial charge in [-0.15, -0.1) is 56.7 Å². The molecule has 202 valence electrons. The number of carbonyl (C=O) groups excluding carboxylic acids is 1. The molecule has 0 radical (unpaired) electrons. The van der Waals surface area contributed by atoms with Gasteiger partial charge in [-0.25, -0.2) is 4.79 Å². The molecule has 5 aromatic rings. The number of carbonyl (C=O) groups is 2. The summed E-state index contributed by atoms with van der Waals surface area (Å²) in [5, 5.41) is 8.91. The standard InChI is InChI=1S/C26H20F2N2O4S5/c27-21-5-3-15(36-21)19-8-12(7-14(29)26(32)33)24(38-19)17-1-2-18(35-17)25-13(10-23(30)34-11-31)9-20(39-25)16-4-6-22(28)37-16/h1-6,8-9,11,14,23H,7,10,29-30H2,(H,32,33)/p+2/t14-,23-/m0/s1. The number of aliphatic carboxylic acids is 1. The van der Waals surface area contributed by atoms with Crippen LogP contribution >= 0.6 is 56.7 Å². The van der Waals surface area contributed by atoms with E-state index in [2.05, 4.69) is 11.5 Å². The van der Waals surface area contributed by atoms with Gasteiger partial charge in [0.25, 0.3) is 6.47 Å². The molecular weight excluding hydrogens is 603 g/mol. The average molecular weight is 625 g/mol. The molecule has 0 unspecified atom stereocenters. The Morgan fingerprint density at radius 2 is 1.26 bits per heavy atom. The zero-order valence-electron chi connectivity index (χ0n) is 20.1. The summed E-state index contributed by atoms with van der Waals surface area (Å²) >= 11 is 6.69. The average Bonchev–Trinajstić information content (AvgIpc) is 3.70. The van der Waals surface area contributed by atoms with Crippen LogP contribution in [0, 0.1) is 10.3 Å². The van der Waals surface area contributed by atoms with Gasteiger partial charge in [-0.3, -0.25) is 4.79 Å². The minimum atomic E-state index is -0.983. The summed E-state index contributed by atoms with van der Waals surface area (Å²) in [4.78, 5) is 29.6. The van der Waals surface area contributed by atoms with Crippen LogP contribution in [0.2, 0.25) is 0 Å². The number of ether oxygens (including phenoxy) is 1. The van der Waals surface area contributed by atoms with Gasteiger partial charge in [-0.1, -0.05) is 0 Å². The van der Waals surface area contributed by atoms with E-state index in [9.17, 15) is 23.5 Å². The summed E-state index contributed by atoms with van der Waals surface area (Å²) in [5.41, 5.74) is 9.46. The molecule has 5 rings (SSSR count). The minimum absolute atomic E-state index is 0.243. The highest BCUT2D eigenvalue weighted by Gasteiger charge is 2.24. The van der Waals surface area contributed by atoms with Crippen LogP contribution in [0.15, 0.2) is 48.5 Å². The van der Waals surface area contributed by atoms with Crippen LogP contribution in [0.1, 0.15) is 11.1 Å². The molecular formula is C26H22F2N2O4S5+2. The molecule has 2 atom stereocenters. The zero-order valence-corrected chi connectivity index (χ0v) is 24.2. The van der Waals surface area contributed by atoms with Crippen molar-refractivity contribution in [1.29, 1.82) is 0 Å². The third-order valence-electron chi connectivity index (χ3n) is 5.81. The van der Waals surface area contributed by atoms with Crippen LogP contribution in [0.5, 0.6) is 0 Å². The summed E-state index contributed by atoms with van der Waals surface area (Å²) in [5.74, 6) is -0.983. The Hall–Kier alpha value is -2.78. The lowest BCUT2D eigenvalue weighted by molar-refractivity contribution is -0.477. The first-order valence-electron chi connectivity index (χ1n) is 11.6. The predicted octanol–water partition coefficient (Wildman–Crippen LogP) is 5.46. The van der Waals surface area contributed by atoms with Crippen LogP contribution in [0.3, 0.4) is 0 Å². The molecule has 7 N–H and O–H groups in total. The van der Waals surface area contributed by atoms with Gasteiger partial charge in [-0.05, 0) is 59.7 Å². The molecule has 0 spiro atoms. The molecule has 39 heavy (non-hydrogen) atoms. The van der Waals surface area contributed by atoms with E-state index in [1.54, 1.807) is 23.5 Å². The molecule has 13 heteroatoms. The monoisotopic (exact) mass is 624 g/mol. The van der Waals surface area contributed by atoms with Crippen LogP contribution in [-0.4, -0.2) is 29.8 Å². The minimum Gasteiger partial charge on any atom is -0.477 e. The smallest absolute Gasteiger partial charge is 0.362 e. The van der Waals surface area contributed by atoms with Crippen LogP contribution < -0.4 is 11.5 Å². The number of carboxylic acids is 1. The van der Waals surface area contributed by atoms with Crippen molar-refractivity contribution in [1.82, 2.24) is 0 Å². The van der Waals surface area contributed by atoms with Crippen molar-refractivity contribution < 1.29 is 39.7 Å². The fraction of sp³-hybridized carbons (Fsp3) is 0.154. The van der Waals surface area contributed by atoms with Gasteiger partial charge in [0.05, 0.1) is 6.42 Å². The Labute approximate surface area is 241 Å². The second kappa shape index (κ2) is 11.8. The molecule has 0 amide bonds. The van der Waals surface area contributed by atoms with Gasteiger partial charge < -0.3 is 21.3 Å². The second-order valence-electron chi connectivity index (χ2n) is 8.60. The Morgan fingerprint density at radius 1 is 0.769 bits per heavy atom. The maximum Gasteiger partial charge on any atom is 0.362 e. The van der Waals surface area contributed by atoms with Gasteiger partial charge in [0, 0.05) is 45.4 Å².